The third-order valence-corrected chi connectivity index (χ3v) is 5.27. The molecule has 0 radical (unpaired) electrons. The Morgan fingerprint density at radius 1 is 1.25 bits per heavy atom. The number of benzene rings is 2. The van der Waals surface area contributed by atoms with Crippen molar-refractivity contribution in [1.29, 1.82) is 0 Å². The number of carbonyl (C=O) groups is 1. The first-order valence-electron chi connectivity index (χ1n) is 8.90. The molecule has 1 N–H and O–H groups in total. The van der Waals surface area contributed by atoms with E-state index in [9.17, 15) is 4.79 Å². The Labute approximate surface area is 177 Å². The van der Waals surface area contributed by atoms with Crippen LogP contribution in [-0.2, 0) is 4.74 Å². The Morgan fingerprint density at radius 2 is 2.04 bits per heavy atom. The molecule has 0 unspecified atom stereocenters. The maximum atomic E-state index is 12.5. The van der Waals surface area contributed by atoms with Gasteiger partial charge in [-0.25, -0.2) is 4.79 Å². The second-order valence-corrected chi connectivity index (χ2v) is 7.30. The Morgan fingerprint density at radius 3 is 2.75 bits per heavy atom. The van der Waals surface area contributed by atoms with Crippen molar-refractivity contribution in [3.63, 3.8) is 0 Å². The highest BCUT2D eigenvalue weighted by molar-refractivity contribution is 9.10. The van der Waals surface area contributed by atoms with Crippen LogP contribution < -0.4 is 10.1 Å². The number of nitrogens with one attached hydrogen (secondary N) is 1. The molecule has 0 spiro atoms. The number of aromatic nitrogens is 1. The van der Waals surface area contributed by atoms with Crippen LogP contribution >= 0.6 is 27.5 Å². The second-order valence-electron chi connectivity index (χ2n) is 6.04. The standard InChI is InChI=1S/C21H20BrClN2O3/c1-4-27-19-10-18-13(9-15(19)22)20(14(11-24-18)21(26)28-5-2)25-17-8-6-7-16(23)12(17)3/h6-11H,4-5H2,1-3H3,(H,24,25). The summed E-state index contributed by atoms with van der Waals surface area (Å²) in [6, 6.07) is 9.32. The van der Waals surface area contributed by atoms with Crippen molar-refractivity contribution in [3.8, 4) is 5.75 Å². The van der Waals surface area contributed by atoms with E-state index in [4.69, 9.17) is 21.1 Å². The summed E-state index contributed by atoms with van der Waals surface area (Å²) in [5.41, 5.74) is 3.34. The number of hydrogen-bond acceptors (Lipinski definition) is 5. The quantitative estimate of drug-likeness (QED) is 0.436. The van der Waals surface area contributed by atoms with E-state index in [0.717, 1.165) is 21.1 Å². The van der Waals surface area contributed by atoms with Gasteiger partial charge in [-0.15, -0.1) is 0 Å². The summed E-state index contributed by atoms with van der Waals surface area (Å²) in [7, 11) is 0. The van der Waals surface area contributed by atoms with Gasteiger partial charge in [0.1, 0.15) is 11.3 Å². The lowest BCUT2D eigenvalue weighted by atomic mass is 10.1. The van der Waals surface area contributed by atoms with Crippen molar-refractivity contribution in [2.24, 2.45) is 0 Å². The fourth-order valence-corrected chi connectivity index (χ4v) is 3.47. The molecule has 0 bridgehead atoms. The summed E-state index contributed by atoms with van der Waals surface area (Å²) in [5.74, 6) is 0.250. The Balaban J connectivity index is 2.22. The van der Waals surface area contributed by atoms with Gasteiger partial charge in [-0.1, -0.05) is 17.7 Å². The van der Waals surface area contributed by atoms with Crippen molar-refractivity contribution in [1.82, 2.24) is 4.98 Å². The number of carbonyl (C=O) groups excluding carboxylic acids is 1. The lowest BCUT2D eigenvalue weighted by Gasteiger charge is -2.17. The van der Waals surface area contributed by atoms with Crippen molar-refractivity contribution < 1.29 is 14.3 Å². The molecule has 2 aromatic carbocycles. The molecule has 0 fully saturated rings. The summed E-state index contributed by atoms with van der Waals surface area (Å²) in [6.07, 6.45) is 1.52. The second kappa shape index (κ2) is 8.80. The molecular weight excluding hydrogens is 444 g/mol. The van der Waals surface area contributed by atoms with E-state index in [0.29, 0.717) is 34.1 Å². The highest BCUT2D eigenvalue weighted by atomic mass is 79.9. The van der Waals surface area contributed by atoms with Crippen LogP contribution in [0.15, 0.2) is 41.0 Å². The van der Waals surface area contributed by atoms with Crippen LogP contribution in [0.4, 0.5) is 11.4 Å². The molecule has 0 aliphatic heterocycles. The number of pyridine rings is 1. The SMILES string of the molecule is CCOC(=O)c1cnc2cc(OCC)c(Br)cc2c1Nc1cccc(Cl)c1C. The van der Waals surface area contributed by atoms with Crippen molar-refractivity contribution >= 4 is 55.8 Å². The zero-order valence-corrected chi connectivity index (χ0v) is 18.1. The van der Waals surface area contributed by atoms with E-state index >= 15 is 0 Å². The predicted octanol–water partition coefficient (Wildman–Crippen LogP) is 6.28. The third-order valence-electron chi connectivity index (χ3n) is 4.24. The van der Waals surface area contributed by atoms with Crippen molar-refractivity contribution in [2.45, 2.75) is 20.8 Å². The highest BCUT2D eigenvalue weighted by Crippen LogP contribution is 2.37. The summed E-state index contributed by atoms with van der Waals surface area (Å²) in [4.78, 5) is 17.0. The zero-order chi connectivity index (χ0) is 20.3. The van der Waals surface area contributed by atoms with Gasteiger partial charge in [-0.3, -0.25) is 4.98 Å². The van der Waals surface area contributed by atoms with Crippen LogP contribution in [0.2, 0.25) is 5.02 Å². The molecule has 3 rings (SSSR count). The maximum absolute atomic E-state index is 12.5. The minimum atomic E-state index is -0.441. The van der Waals surface area contributed by atoms with Crippen LogP contribution in [0.25, 0.3) is 10.9 Å². The van der Waals surface area contributed by atoms with Gasteiger partial charge in [0.2, 0.25) is 0 Å². The van der Waals surface area contributed by atoms with E-state index in [2.05, 4.69) is 26.2 Å². The van der Waals surface area contributed by atoms with E-state index in [1.165, 1.54) is 6.20 Å². The van der Waals surface area contributed by atoms with Gasteiger partial charge in [-0.05, 0) is 60.5 Å². The molecule has 1 heterocycles. The molecule has 28 heavy (non-hydrogen) atoms. The minimum Gasteiger partial charge on any atom is -0.493 e. The van der Waals surface area contributed by atoms with Gasteiger partial charge < -0.3 is 14.8 Å². The number of hydrogen-bond donors (Lipinski definition) is 1. The molecule has 7 heteroatoms. The molecule has 0 saturated carbocycles. The normalized spacial score (nSPS) is 10.8. The first-order chi connectivity index (χ1) is 13.5. The summed E-state index contributed by atoms with van der Waals surface area (Å²) < 4.78 is 11.6. The summed E-state index contributed by atoms with van der Waals surface area (Å²) in [6.45, 7) is 6.42. The Kier molecular flexibility index (Phi) is 6.42. The maximum Gasteiger partial charge on any atom is 0.341 e. The molecule has 0 aliphatic carbocycles. The van der Waals surface area contributed by atoms with Gasteiger partial charge in [0.25, 0.3) is 0 Å². The number of halogens is 2. The highest BCUT2D eigenvalue weighted by Gasteiger charge is 2.19. The zero-order valence-electron chi connectivity index (χ0n) is 15.8. The minimum absolute atomic E-state index is 0.277. The molecule has 5 nitrogen and oxygen atoms in total. The predicted molar refractivity (Wildman–Crippen MR) is 116 cm³/mol. The fraction of sp³-hybridized carbons (Fsp3) is 0.238. The molecule has 0 atom stereocenters. The fourth-order valence-electron chi connectivity index (χ4n) is 2.84. The average Bonchev–Trinajstić information content (AvgIpc) is 2.67. The molecule has 0 aliphatic rings. The summed E-state index contributed by atoms with van der Waals surface area (Å²) >= 11 is 9.80. The molecule has 0 amide bonds. The van der Waals surface area contributed by atoms with Gasteiger partial charge in [0.15, 0.2) is 0 Å². The van der Waals surface area contributed by atoms with E-state index in [1.54, 1.807) is 6.92 Å². The van der Waals surface area contributed by atoms with E-state index < -0.39 is 5.97 Å². The number of anilines is 2. The number of rotatable bonds is 6. The molecule has 3 aromatic rings. The van der Waals surface area contributed by atoms with Crippen LogP contribution in [0.1, 0.15) is 29.8 Å². The number of ether oxygens (including phenoxy) is 2. The topological polar surface area (TPSA) is 60.5 Å². The van der Waals surface area contributed by atoms with Gasteiger partial charge in [-0.2, -0.15) is 0 Å². The largest absolute Gasteiger partial charge is 0.493 e. The molecule has 146 valence electrons. The number of fused-ring (bicyclic) bond motifs is 1. The molecule has 0 saturated heterocycles. The van der Waals surface area contributed by atoms with Gasteiger partial charge in [0.05, 0.1) is 28.9 Å². The van der Waals surface area contributed by atoms with Crippen LogP contribution in [-0.4, -0.2) is 24.2 Å². The van der Waals surface area contributed by atoms with Crippen LogP contribution in [0.5, 0.6) is 5.75 Å². The first kappa shape index (κ1) is 20.4. The lowest BCUT2D eigenvalue weighted by molar-refractivity contribution is 0.0527. The third kappa shape index (κ3) is 4.08. The van der Waals surface area contributed by atoms with Crippen molar-refractivity contribution in [2.75, 3.05) is 18.5 Å². The molecular formula is C21H20BrClN2O3. The Hall–Kier alpha value is -2.31. The van der Waals surface area contributed by atoms with E-state index in [-0.39, 0.29) is 6.61 Å². The average molecular weight is 464 g/mol. The van der Waals surface area contributed by atoms with Gasteiger partial charge >= 0.3 is 5.97 Å². The van der Waals surface area contributed by atoms with Crippen molar-refractivity contribution in [3.05, 3.63) is 57.2 Å². The van der Waals surface area contributed by atoms with Crippen LogP contribution in [0, 0.1) is 6.92 Å². The monoisotopic (exact) mass is 462 g/mol. The summed E-state index contributed by atoms with van der Waals surface area (Å²) in [5, 5.41) is 4.76. The Bertz CT molecular complexity index is 1040. The van der Waals surface area contributed by atoms with Gasteiger partial charge in [0, 0.05) is 28.4 Å². The van der Waals surface area contributed by atoms with E-state index in [1.807, 2.05) is 44.2 Å². The van der Waals surface area contributed by atoms with Crippen LogP contribution in [0.3, 0.4) is 0 Å². The lowest BCUT2D eigenvalue weighted by Crippen LogP contribution is -2.10. The number of nitrogens with zero attached hydrogens (tertiary/aromatic N) is 1. The number of esters is 1. The first-order valence-corrected chi connectivity index (χ1v) is 10.1. The smallest absolute Gasteiger partial charge is 0.341 e. The molecule has 1 aromatic heterocycles.